The summed E-state index contributed by atoms with van der Waals surface area (Å²) in [7, 11) is 2.99. The maximum absolute atomic E-state index is 12.1. The van der Waals surface area contributed by atoms with Crippen molar-refractivity contribution in [1.82, 2.24) is 14.3 Å². The molecule has 0 bridgehead atoms. The third-order valence-corrected chi connectivity index (χ3v) is 4.12. The van der Waals surface area contributed by atoms with Crippen molar-refractivity contribution >= 4 is 5.82 Å². The highest BCUT2D eigenvalue weighted by Crippen LogP contribution is 2.27. The fraction of sp³-hybridized carbons (Fsp3) is 0.769. The molecule has 7 heteroatoms. The molecule has 7 nitrogen and oxygen atoms in total. The highest BCUT2D eigenvalue weighted by molar-refractivity contribution is 5.31. The van der Waals surface area contributed by atoms with Crippen LogP contribution in [0.5, 0.6) is 0 Å². The molecule has 1 aromatic heterocycles. The Kier molecular flexibility index (Phi) is 4.59. The average Bonchev–Trinajstić information content (AvgIpc) is 2.48. The molecule has 0 spiro atoms. The number of rotatable bonds is 4. The van der Waals surface area contributed by atoms with Crippen LogP contribution in [0.2, 0.25) is 0 Å². The Bertz CT molecular complexity index is 571. The normalized spacial score (nSPS) is 17.9. The van der Waals surface area contributed by atoms with Crippen LogP contribution in [0.15, 0.2) is 9.59 Å². The molecule has 0 aromatic carbocycles. The van der Waals surface area contributed by atoms with Gasteiger partial charge in [-0.15, -0.1) is 5.10 Å². The molecule has 1 saturated carbocycles. The van der Waals surface area contributed by atoms with Crippen LogP contribution in [0.25, 0.3) is 0 Å². The predicted molar refractivity (Wildman–Crippen MR) is 77.8 cm³/mol. The van der Waals surface area contributed by atoms with E-state index in [4.69, 9.17) is 5.73 Å². The summed E-state index contributed by atoms with van der Waals surface area (Å²) in [6.45, 7) is 0.457. The molecule has 1 atom stereocenters. The van der Waals surface area contributed by atoms with Crippen LogP contribution >= 0.6 is 0 Å². The van der Waals surface area contributed by atoms with E-state index in [1.54, 1.807) is 0 Å². The van der Waals surface area contributed by atoms with Crippen molar-refractivity contribution in [3.05, 3.63) is 20.8 Å². The Hall–Kier alpha value is -1.63. The summed E-state index contributed by atoms with van der Waals surface area (Å²) in [5, 5.41) is 7.17. The molecule has 20 heavy (non-hydrogen) atoms. The lowest BCUT2D eigenvalue weighted by molar-refractivity contribution is 0.319. The Morgan fingerprint density at radius 3 is 2.55 bits per heavy atom. The summed E-state index contributed by atoms with van der Waals surface area (Å²) in [6.07, 6.45) is 5.94. The smallest absolute Gasteiger partial charge is 0.346 e. The Morgan fingerprint density at radius 2 is 1.95 bits per heavy atom. The van der Waals surface area contributed by atoms with E-state index in [0.717, 1.165) is 22.1 Å². The second-order valence-corrected chi connectivity index (χ2v) is 5.50. The highest BCUT2D eigenvalue weighted by atomic mass is 16.2. The van der Waals surface area contributed by atoms with Crippen molar-refractivity contribution in [2.24, 2.45) is 25.7 Å². The van der Waals surface area contributed by atoms with Crippen molar-refractivity contribution in [2.45, 2.75) is 38.1 Å². The number of nitrogens with two attached hydrogens (primary N) is 1. The third kappa shape index (κ3) is 2.92. The summed E-state index contributed by atoms with van der Waals surface area (Å²) < 4.78 is 2.22. The van der Waals surface area contributed by atoms with Crippen LogP contribution in [-0.4, -0.2) is 26.9 Å². The molecule has 1 aromatic rings. The fourth-order valence-corrected chi connectivity index (χ4v) is 2.87. The molecule has 1 aliphatic rings. The van der Waals surface area contributed by atoms with Crippen molar-refractivity contribution < 1.29 is 0 Å². The summed E-state index contributed by atoms with van der Waals surface area (Å²) in [5.74, 6) is 0.674. The first kappa shape index (κ1) is 14.8. The zero-order chi connectivity index (χ0) is 14.7. The minimum absolute atomic E-state index is 0.0352. The zero-order valence-corrected chi connectivity index (χ0v) is 12.1. The van der Waals surface area contributed by atoms with Gasteiger partial charge in [0.15, 0.2) is 0 Å². The molecular formula is C13H23N5O2. The molecule has 0 amide bonds. The van der Waals surface area contributed by atoms with Crippen molar-refractivity contribution in [3.63, 3.8) is 0 Å². The maximum Gasteiger partial charge on any atom is 0.346 e. The number of aromatic nitrogens is 3. The molecule has 1 aliphatic carbocycles. The molecular weight excluding hydrogens is 258 g/mol. The first-order valence-corrected chi connectivity index (χ1v) is 7.15. The van der Waals surface area contributed by atoms with E-state index in [1.807, 2.05) is 0 Å². The second kappa shape index (κ2) is 6.21. The van der Waals surface area contributed by atoms with Crippen LogP contribution in [0, 0.1) is 5.92 Å². The minimum atomic E-state index is -0.428. The molecule has 0 aliphatic heterocycles. The zero-order valence-electron chi connectivity index (χ0n) is 12.1. The van der Waals surface area contributed by atoms with Gasteiger partial charge in [0.25, 0.3) is 5.56 Å². The first-order valence-electron chi connectivity index (χ1n) is 7.15. The first-order chi connectivity index (χ1) is 9.54. The number of nitrogens with zero attached hydrogens (tertiary/aromatic N) is 3. The summed E-state index contributed by atoms with van der Waals surface area (Å²) in [5.41, 5.74) is 5.01. The third-order valence-electron chi connectivity index (χ3n) is 4.12. The van der Waals surface area contributed by atoms with E-state index in [1.165, 1.54) is 33.4 Å². The lowest BCUT2D eigenvalue weighted by Gasteiger charge is -2.30. The Morgan fingerprint density at radius 1 is 1.30 bits per heavy atom. The molecule has 1 fully saturated rings. The van der Waals surface area contributed by atoms with Crippen LogP contribution in [-0.2, 0) is 14.1 Å². The van der Waals surface area contributed by atoms with Gasteiger partial charge in [-0.25, -0.2) is 9.48 Å². The SMILES string of the molecule is Cn1nc(NC(CN)C2CCCCC2)c(=O)n(C)c1=O. The van der Waals surface area contributed by atoms with E-state index in [9.17, 15) is 9.59 Å². The van der Waals surface area contributed by atoms with E-state index in [-0.39, 0.29) is 11.9 Å². The van der Waals surface area contributed by atoms with Gasteiger partial charge in [-0.05, 0) is 18.8 Å². The predicted octanol–water partition coefficient (Wildman–Crippen LogP) is -0.201. The van der Waals surface area contributed by atoms with Crippen LogP contribution in [0.1, 0.15) is 32.1 Å². The van der Waals surface area contributed by atoms with Gasteiger partial charge < -0.3 is 11.1 Å². The van der Waals surface area contributed by atoms with Gasteiger partial charge >= 0.3 is 5.69 Å². The van der Waals surface area contributed by atoms with Gasteiger partial charge in [0.05, 0.1) is 0 Å². The maximum atomic E-state index is 12.1. The molecule has 112 valence electrons. The summed E-state index contributed by atoms with van der Waals surface area (Å²) in [4.78, 5) is 23.7. The number of nitrogens with one attached hydrogen (secondary N) is 1. The molecule has 0 saturated heterocycles. The topological polar surface area (TPSA) is 94.9 Å². The molecule has 0 radical (unpaired) electrons. The Labute approximate surface area is 117 Å². The minimum Gasteiger partial charge on any atom is -0.360 e. The van der Waals surface area contributed by atoms with Crippen molar-refractivity contribution in [2.75, 3.05) is 11.9 Å². The number of anilines is 1. The van der Waals surface area contributed by atoms with Gasteiger partial charge in [-0.3, -0.25) is 9.36 Å². The quantitative estimate of drug-likeness (QED) is 0.797. The largest absolute Gasteiger partial charge is 0.360 e. The van der Waals surface area contributed by atoms with Crippen LogP contribution in [0.4, 0.5) is 5.82 Å². The average molecular weight is 281 g/mol. The van der Waals surface area contributed by atoms with Crippen LogP contribution in [0.3, 0.4) is 0 Å². The van der Waals surface area contributed by atoms with E-state index >= 15 is 0 Å². The van der Waals surface area contributed by atoms with Gasteiger partial charge in [-0.1, -0.05) is 19.3 Å². The van der Waals surface area contributed by atoms with Crippen molar-refractivity contribution in [1.29, 1.82) is 0 Å². The molecule has 3 N–H and O–H groups in total. The van der Waals surface area contributed by atoms with Crippen LogP contribution < -0.4 is 22.3 Å². The summed E-state index contributed by atoms with van der Waals surface area (Å²) in [6, 6.07) is 0.0352. The number of aryl methyl sites for hydroxylation is 1. The number of hydrogen-bond acceptors (Lipinski definition) is 5. The van der Waals surface area contributed by atoms with Gasteiger partial charge in [0.2, 0.25) is 5.82 Å². The van der Waals surface area contributed by atoms with E-state index in [2.05, 4.69) is 10.4 Å². The molecule has 1 heterocycles. The van der Waals surface area contributed by atoms with E-state index < -0.39 is 11.2 Å². The van der Waals surface area contributed by atoms with Gasteiger partial charge in [0, 0.05) is 26.7 Å². The molecule has 2 rings (SSSR count). The fourth-order valence-electron chi connectivity index (χ4n) is 2.87. The Balaban J connectivity index is 2.23. The van der Waals surface area contributed by atoms with Crippen molar-refractivity contribution in [3.8, 4) is 0 Å². The highest BCUT2D eigenvalue weighted by Gasteiger charge is 2.24. The van der Waals surface area contributed by atoms with E-state index in [0.29, 0.717) is 12.5 Å². The monoisotopic (exact) mass is 281 g/mol. The standard InChI is InChI=1S/C13H23N5O2/c1-17-12(19)11(16-18(2)13(17)20)15-10(8-14)9-6-4-3-5-7-9/h9-10H,3-8,14H2,1-2H3,(H,15,16). The lowest BCUT2D eigenvalue weighted by Crippen LogP contribution is -2.44. The molecule has 1 unspecified atom stereocenters. The van der Waals surface area contributed by atoms with Gasteiger partial charge in [-0.2, -0.15) is 0 Å². The number of hydrogen-bond donors (Lipinski definition) is 2. The second-order valence-electron chi connectivity index (χ2n) is 5.50. The lowest BCUT2D eigenvalue weighted by atomic mass is 9.84. The summed E-state index contributed by atoms with van der Waals surface area (Å²) >= 11 is 0. The van der Waals surface area contributed by atoms with Gasteiger partial charge in [0.1, 0.15) is 0 Å².